The highest BCUT2D eigenvalue weighted by Crippen LogP contribution is 2.30. The van der Waals surface area contributed by atoms with Gasteiger partial charge in [-0.1, -0.05) is 17.7 Å². The first-order valence-electron chi connectivity index (χ1n) is 9.19. The number of hydrogen-bond donors (Lipinski definition) is 0. The highest BCUT2D eigenvalue weighted by molar-refractivity contribution is 7.89. The number of ether oxygens (including phenoxy) is 1. The lowest BCUT2D eigenvalue weighted by Crippen LogP contribution is -2.48. The molecule has 8 heteroatoms. The molecular formula is C20H21ClN2O4S. The van der Waals surface area contributed by atoms with Gasteiger partial charge in [-0.2, -0.15) is 4.31 Å². The van der Waals surface area contributed by atoms with Crippen molar-refractivity contribution in [3.63, 3.8) is 0 Å². The molecule has 2 aromatic carbocycles. The van der Waals surface area contributed by atoms with E-state index >= 15 is 0 Å². The van der Waals surface area contributed by atoms with Gasteiger partial charge in [0, 0.05) is 36.9 Å². The van der Waals surface area contributed by atoms with Crippen LogP contribution in [0.4, 0.5) is 5.69 Å². The number of halogens is 1. The summed E-state index contributed by atoms with van der Waals surface area (Å²) in [4.78, 5) is 13.8. The zero-order valence-corrected chi connectivity index (χ0v) is 17.1. The predicted octanol–water partition coefficient (Wildman–Crippen LogP) is 3.01. The maximum absolute atomic E-state index is 13.1. The fraction of sp³-hybridized carbons (Fsp3) is 0.350. The van der Waals surface area contributed by atoms with Crippen molar-refractivity contribution in [3.8, 4) is 5.75 Å². The number of hydrogen-bond acceptors (Lipinski definition) is 5. The van der Waals surface area contributed by atoms with Gasteiger partial charge in [-0.25, -0.2) is 8.42 Å². The molecule has 0 amide bonds. The Labute approximate surface area is 169 Å². The van der Waals surface area contributed by atoms with E-state index in [2.05, 4.69) is 4.90 Å². The summed E-state index contributed by atoms with van der Waals surface area (Å²) in [6.45, 7) is 3.96. The van der Waals surface area contributed by atoms with Crippen molar-refractivity contribution >= 4 is 33.3 Å². The Kier molecular flexibility index (Phi) is 5.07. The molecule has 0 N–H and O–H groups in total. The number of benzene rings is 2. The van der Waals surface area contributed by atoms with E-state index in [-0.39, 0.29) is 17.3 Å². The minimum absolute atomic E-state index is 0.246. The van der Waals surface area contributed by atoms with Crippen LogP contribution in [0, 0.1) is 6.92 Å². The Morgan fingerprint density at radius 2 is 1.75 bits per heavy atom. The summed E-state index contributed by atoms with van der Waals surface area (Å²) < 4.78 is 32.8. The fourth-order valence-electron chi connectivity index (χ4n) is 3.54. The van der Waals surface area contributed by atoms with Crippen LogP contribution in [0.3, 0.4) is 0 Å². The van der Waals surface area contributed by atoms with Crippen LogP contribution in [0.2, 0.25) is 5.02 Å². The van der Waals surface area contributed by atoms with Gasteiger partial charge in [0.15, 0.2) is 0 Å². The van der Waals surface area contributed by atoms with Gasteiger partial charge in [0.2, 0.25) is 10.0 Å². The minimum atomic E-state index is -3.59. The second-order valence-corrected chi connectivity index (χ2v) is 9.41. The second-order valence-electron chi connectivity index (χ2n) is 7.07. The molecule has 0 unspecified atom stereocenters. The number of carbonyl (C=O) groups is 1. The molecule has 28 heavy (non-hydrogen) atoms. The lowest BCUT2D eigenvalue weighted by molar-refractivity contribution is -0.135. The second kappa shape index (κ2) is 7.39. The maximum Gasteiger partial charge on any atom is 0.311 e. The molecule has 0 radical (unpaired) electrons. The van der Waals surface area contributed by atoms with E-state index in [1.807, 2.05) is 25.1 Å². The van der Waals surface area contributed by atoms with E-state index in [9.17, 15) is 13.2 Å². The molecule has 0 spiro atoms. The zero-order valence-electron chi connectivity index (χ0n) is 15.5. The molecule has 1 saturated heterocycles. The van der Waals surface area contributed by atoms with Gasteiger partial charge in [-0.15, -0.1) is 0 Å². The molecular weight excluding hydrogens is 400 g/mol. The van der Waals surface area contributed by atoms with E-state index in [0.717, 1.165) is 16.8 Å². The fourth-order valence-corrected chi connectivity index (χ4v) is 5.18. The van der Waals surface area contributed by atoms with E-state index in [1.54, 1.807) is 12.1 Å². The number of anilines is 1. The Morgan fingerprint density at radius 1 is 1.00 bits per heavy atom. The molecule has 4 rings (SSSR count). The molecule has 0 aromatic heterocycles. The number of carbonyl (C=O) groups excluding carboxylic acids is 1. The topological polar surface area (TPSA) is 66.9 Å². The Morgan fingerprint density at radius 3 is 2.46 bits per heavy atom. The van der Waals surface area contributed by atoms with Crippen molar-refractivity contribution < 1.29 is 17.9 Å². The van der Waals surface area contributed by atoms with Crippen molar-refractivity contribution in [1.29, 1.82) is 0 Å². The molecule has 6 nitrogen and oxygen atoms in total. The molecule has 2 aliphatic rings. The largest absolute Gasteiger partial charge is 0.426 e. The summed E-state index contributed by atoms with van der Waals surface area (Å²) in [6, 6.07) is 10.6. The molecule has 2 aliphatic heterocycles. The zero-order chi connectivity index (χ0) is 19.9. The molecule has 0 saturated carbocycles. The third-order valence-corrected chi connectivity index (χ3v) is 7.55. The third-order valence-electron chi connectivity index (χ3n) is 5.25. The molecule has 0 bridgehead atoms. The third kappa shape index (κ3) is 3.62. The van der Waals surface area contributed by atoms with Crippen molar-refractivity contribution in [2.75, 3.05) is 31.1 Å². The summed E-state index contributed by atoms with van der Waals surface area (Å²) in [5.74, 6) is 0.173. The smallest absolute Gasteiger partial charge is 0.311 e. The number of aryl methyl sites for hydroxylation is 2. The van der Waals surface area contributed by atoms with Gasteiger partial charge < -0.3 is 9.64 Å². The van der Waals surface area contributed by atoms with Gasteiger partial charge in [0.1, 0.15) is 5.75 Å². The van der Waals surface area contributed by atoms with Crippen LogP contribution in [0.15, 0.2) is 41.3 Å². The molecule has 2 heterocycles. The van der Waals surface area contributed by atoms with E-state index < -0.39 is 10.0 Å². The van der Waals surface area contributed by atoms with Crippen LogP contribution in [0.5, 0.6) is 5.75 Å². The standard InChI is InChI=1S/C20H21ClN2O4S/c1-14-2-4-16(13-18(14)21)22-8-10-23(11-9-22)28(25,26)17-5-6-19-15(12-17)3-7-20(24)27-19/h2,4-6,12-13H,3,7-11H2,1H3. The van der Waals surface area contributed by atoms with Crippen LogP contribution in [-0.2, 0) is 21.2 Å². The van der Waals surface area contributed by atoms with Crippen molar-refractivity contribution in [3.05, 3.63) is 52.5 Å². The first-order valence-corrected chi connectivity index (χ1v) is 11.0. The summed E-state index contributed by atoms with van der Waals surface area (Å²) in [5, 5.41) is 0.710. The van der Waals surface area contributed by atoms with Crippen LogP contribution in [-0.4, -0.2) is 44.9 Å². The van der Waals surface area contributed by atoms with Gasteiger partial charge in [-0.3, -0.25) is 4.79 Å². The highest BCUT2D eigenvalue weighted by atomic mass is 35.5. The van der Waals surface area contributed by atoms with Crippen molar-refractivity contribution in [2.24, 2.45) is 0 Å². The summed E-state index contributed by atoms with van der Waals surface area (Å²) in [6.07, 6.45) is 0.772. The number of fused-ring (bicyclic) bond motifs is 1. The molecule has 148 valence electrons. The van der Waals surface area contributed by atoms with Gasteiger partial charge in [0.25, 0.3) is 0 Å². The number of esters is 1. The normalized spacial score (nSPS) is 17.9. The van der Waals surface area contributed by atoms with Crippen molar-refractivity contribution in [2.45, 2.75) is 24.7 Å². The van der Waals surface area contributed by atoms with Gasteiger partial charge in [0.05, 0.1) is 11.3 Å². The number of nitrogens with zero attached hydrogens (tertiary/aromatic N) is 2. The Balaban J connectivity index is 1.49. The summed E-state index contributed by atoms with van der Waals surface area (Å²) in [5.41, 5.74) is 2.78. The SMILES string of the molecule is Cc1ccc(N2CCN(S(=O)(=O)c3ccc4c(c3)CCC(=O)O4)CC2)cc1Cl. The molecule has 0 aliphatic carbocycles. The molecule has 0 atom stereocenters. The maximum atomic E-state index is 13.1. The number of rotatable bonds is 3. The molecule has 1 fully saturated rings. The lowest BCUT2D eigenvalue weighted by atomic mass is 10.1. The Hall–Kier alpha value is -2.09. The first kappa shape index (κ1) is 19.2. The first-order chi connectivity index (χ1) is 13.3. The highest BCUT2D eigenvalue weighted by Gasteiger charge is 2.30. The van der Waals surface area contributed by atoms with Gasteiger partial charge >= 0.3 is 5.97 Å². The van der Waals surface area contributed by atoms with Gasteiger partial charge in [-0.05, 0) is 54.8 Å². The van der Waals surface area contributed by atoms with E-state index in [4.69, 9.17) is 16.3 Å². The summed E-state index contributed by atoms with van der Waals surface area (Å²) >= 11 is 6.22. The number of piperazine rings is 1. The van der Waals surface area contributed by atoms with E-state index in [0.29, 0.717) is 43.4 Å². The lowest BCUT2D eigenvalue weighted by Gasteiger charge is -2.35. The monoisotopic (exact) mass is 420 g/mol. The van der Waals surface area contributed by atoms with Crippen LogP contribution in [0.1, 0.15) is 17.5 Å². The molecule has 2 aromatic rings. The van der Waals surface area contributed by atoms with E-state index in [1.165, 1.54) is 10.4 Å². The predicted molar refractivity (Wildman–Crippen MR) is 108 cm³/mol. The Bertz CT molecular complexity index is 1030. The van der Waals surface area contributed by atoms with Crippen LogP contribution < -0.4 is 9.64 Å². The number of sulfonamides is 1. The van der Waals surface area contributed by atoms with Crippen LogP contribution in [0.25, 0.3) is 0 Å². The van der Waals surface area contributed by atoms with Crippen LogP contribution >= 0.6 is 11.6 Å². The van der Waals surface area contributed by atoms with Crippen molar-refractivity contribution in [1.82, 2.24) is 4.31 Å². The quantitative estimate of drug-likeness (QED) is 0.564. The average Bonchev–Trinajstić information content (AvgIpc) is 2.69. The summed E-state index contributed by atoms with van der Waals surface area (Å²) in [7, 11) is -3.59. The minimum Gasteiger partial charge on any atom is -0.426 e. The average molecular weight is 421 g/mol.